The number of aromatic nitrogens is 1. The minimum absolute atomic E-state index is 0.0193. The van der Waals surface area contributed by atoms with Crippen LogP contribution < -0.4 is 5.73 Å². The highest BCUT2D eigenvalue weighted by Gasteiger charge is 2.42. The van der Waals surface area contributed by atoms with E-state index in [1.165, 1.54) is 16.7 Å². The SMILES string of the molecule is NC(=O)C1(CC(=O)N2CCC([C@H]3c4ncc(Br)cc4CCc4cc(Cl)cc(Br)c43)CC2)CCOCC1. The Hall–Kier alpha value is -1.48. The van der Waals surface area contributed by atoms with E-state index >= 15 is 0 Å². The highest BCUT2D eigenvalue weighted by atomic mass is 79.9. The van der Waals surface area contributed by atoms with Crippen molar-refractivity contribution in [1.29, 1.82) is 0 Å². The monoisotopic (exact) mass is 637 g/mol. The van der Waals surface area contributed by atoms with Crippen LogP contribution >= 0.6 is 43.5 Å². The first-order valence-electron chi connectivity index (χ1n) is 12.5. The summed E-state index contributed by atoms with van der Waals surface area (Å²) in [6, 6.07) is 6.25. The molecule has 0 radical (unpaired) electrons. The Morgan fingerprint density at radius 2 is 1.81 bits per heavy atom. The van der Waals surface area contributed by atoms with Crippen molar-refractivity contribution in [3.63, 3.8) is 0 Å². The molecule has 1 aliphatic carbocycles. The third-order valence-electron chi connectivity index (χ3n) is 8.24. The number of halogens is 3. The Bertz CT molecular complexity index is 1180. The Balaban J connectivity index is 1.38. The lowest BCUT2D eigenvalue weighted by Gasteiger charge is -2.39. The van der Waals surface area contributed by atoms with Gasteiger partial charge in [-0.3, -0.25) is 14.6 Å². The van der Waals surface area contributed by atoms with E-state index in [-0.39, 0.29) is 24.2 Å². The smallest absolute Gasteiger partial charge is 0.224 e. The molecule has 1 aromatic heterocycles. The number of nitrogens with two attached hydrogens (primary N) is 1. The molecule has 9 heteroatoms. The van der Waals surface area contributed by atoms with E-state index in [9.17, 15) is 9.59 Å². The number of rotatable bonds is 4. The van der Waals surface area contributed by atoms with Crippen molar-refractivity contribution >= 4 is 55.3 Å². The Morgan fingerprint density at radius 1 is 1.11 bits per heavy atom. The second-order valence-corrected chi connectivity index (χ2v) is 12.5. The third-order valence-corrected chi connectivity index (χ3v) is 9.55. The Labute approximate surface area is 233 Å². The van der Waals surface area contributed by atoms with Gasteiger partial charge in [0, 0.05) is 58.8 Å². The van der Waals surface area contributed by atoms with Gasteiger partial charge in [-0.05, 0) is 95.3 Å². The van der Waals surface area contributed by atoms with Crippen LogP contribution in [0.25, 0.3) is 0 Å². The van der Waals surface area contributed by atoms with Gasteiger partial charge in [-0.2, -0.15) is 0 Å². The van der Waals surface area contributed by atoms with E-state index in [0.717, 1.165) is 45.3 Å². The molecule has 2 fully saturated rings. The van der Waals surface area contributed by atoms with Gasteiger partial charge in [0.2, 0.25) is 11.8 Å². The summed E-state index contributed by atoms with van der Waals surface area (Å²) in [6.07, 6.45) is 6.64. The van der Waals surface area contributed by atoms with E-state index in [2.05, 4.69) is 44.0 Å². The molecule has 1 aromatic carbocycles. The van der Waals surface area contributed by atoms with Crippen LogP contribution in [-0.2, 0) is 27.2 Å². The minimum Gasteiger partial charge on any atom is -0.381 e. The van der Waals surface area contributed by atoms with Crippen LogP contribution in [0.15, 0.2) is 33.3 Å². The number of carbonyl (C=O) groups excluding carboxylic acids is 2. The van der Waals surface area contributed by atoms with Crippen molar-refractivity contribution in [2.75, 3.05) is 26.3 Å². The third kappa shape index (κ3) is 5.11. The molecule has 2 N–H and O–H groups in total. The molecule has 0 saturated carbocycles. The molecule has 3 heterocycles. The lowest BCUT2D eigenvalue weighted by atomic mass is 9.75. The number of benzene rings is 1. The maximum Gasteiger partial charge on any atom is 0.224 e. The summed E-state index contributed by atoms with van der Waals surface area (Å²) in [5.74, 6) is 0.0956. The molecule has 3 aliphatic rings. The largest absolute Gasteiger partial charge is 0.381 e. The summed E-state index contributed by atoms with van der Waals surface area (Å²) in [5, 5.41) is 0.733. The number of piperidine rings is 1. The van der Waals surface area contributed by atoms with Gasteiger partial charge in [-0.15, -0.1) is 0 Å². The molecule has 2 amide bonds. The minimum atomic E-state index is -0.785. The van der Waals surface area contributed by atoms with Gasteiger partial charge >= 0.3 is 0 Å². The molecule has 2 aromatic rings. The average Bonchev–Trinajstić information content (AvgIpc) is 3.01. The summed E-state index contributed by atoms with van der Waals surface area (Å²) in [6.45, 7) is 2.27. The van der Waals surface area contributed by atoms with Gasteiger partial charge in [0.25, 0.3) is 0 Å². The molecule has 2 aliphatic heterocycles. The zero-order valence-electron chi connectivity index (χ0n) is 20.1. The first-order valence-corrected chi connectivity index (χ1v) is 14.5. The number of carbonyl (C=O) groups is 2. The van der Waals surface area contributed by atoms with E-state index in [0.29, 0.717) is 45.1 Å². The highest BCUT2D eigenvalue weighted by molar-refractivity contribution is 9.10. The van der Waals surface area contributed by atoms with Crippen LogP contribution in [0.3, 0.4) is 0 Å². The maximum absolute atomic E-state index is 13.3. The molecular formula is C27H30Br2ClN3O3. The van der Waals surface area contributed by atoms with Crippen LogP contribution in [0.5, 0.6) is 0 Å². The molecule has 5 rings (SSSR count). The summed E-state index contributed by atoms with van der Waals surface area (Å²) in [4.78, 5) is 32.4. The summed E-state index contributed by atoms with van der Waals surface area (Å²) in [7, 11) is 0. The van der Waals surface area contributed by atoms with Gasteiger partial charge in [0.1, 0.15) is 0 Å². The van der Waals surface area contributed by atoms with E-state index in [1.807, 2.05) is 17.2 Å². The van der Waals surface area contributed by atoms with Crippen LogP contribution in [0.4, 0.5) is 0 Å². The summed E-state index contributed by atoms with van der Waals surface area (Å²) < 4.78 is 7.43. The molecule has 192 valence electrons. The standard InChI is InChI=1S/C27H30Br2ClN3O3/c28-19-11-18-2-1-17-12-20(30)13-21(29)23(17)24(25(18)32-15-19)16-3-7-33(8-4-16)22(34)14-27(26(31)35)5-9-36-10-6-27/h11-13,15-16,24H,1-10,14H2,(H2,31,35)/t24-/m1/s1. The topological polar surface area (TPSA) is 85.5 Å². The number of nitrogens with zero attached hydrogens (tertiary/aromatic N) is 2. The summed E-state index contributed by atoms with van der Waals surface area (Å²) >= 11 is 13.8. The van der Waals surface area contributed by atoms with Crippen LogP contribution in [0, 0.1) is 11.3 Å². The van der Waals surface area contributed by atoms with Gasteiger partial charge in [0.15, 0.2) is 0 Å². The number of ether oxygens (including phenoxy) is 1. The quantitative estimate of drug-likeness (QED) is 0.486. The lowest BCUT2D eigenvalue weighted by Crippen LogP contribution is -2.47. The van der Waals surface area contributed by atoms with E-state index in [1.54, 1.807) is 0 Å². The molecule has 6 nitrogen and oxygen atoms in total. The predicted molar refractivity (Wildman–Crippen MR) is 146 cm³/mol. The zero-order chi connectivity index (χ0) is 25.4. The van der Waals surface area contributed by atoms with Crippen molar-refractivity contribution in [3.05, 3.63) is 60.7 Å². The van der Waals surface area contributed by atoms with E-state index < -0.39 is 5.41 Å². The van der Waals surface area contributed by atoms with Crippen LogP contribution in [-0.4, -0.2) is 48.0 Å². The fourth-order valence-electron chi connectivity index (χ4n) is 6.19. The van der Waals surface area contributed by atoms with Crippen molar-refractivity contribution in [3.8, 4) is 0 Å². The van der Waals surface area contributed by atoms with Crippen molar-refractivity contribution < 1.29 is 14.3 Å². The first-order chi connectivity index (χ1) is 17.3. The zero-order valence-corrected chi connectivity index (χ0v) is 24.0. The number of pyridine rings is 1. The van der Waals surface area contributed by atoms with Crippen molar-refractivity contribution in [2.45, 2.75) is 50.9 Å². The molecule has 0 bridgehead atoms. The number of amides is 2. The van der Waals surface area contributed by atoms with Gasteiger partial charge < -0.3 is 15.4 Å². The number of fused-ring (bicyclic) bond motifs is 2. The number of hydrogen-bond acceptors (Lipinski definition) is 4. The fourth-order valence-corrected chi connectivity index (χ4v) is 7.69. The fraction of sp³-hybridized carbons (Fsp3) is 0.519. The molecule has 36 heavy (non-hydrogen) atoms. The maximum atomic E-state index is 13.3. The second-order valence-electron chi connectivity index (χ2n) is 10.3. The first kappa shape index (κ1) is 26.1. The number of likely N-dealkylation sites (tertiary alicyclic amines) is 1. The highest BCUT2D eigenvalue weighted by Crippen LogP contribution is 2.46. The molecule has 1 atom stereocenters. The predicted octanol–water partition coefficient (Wildman–Crippen LogP) is 5.40. The van der Waals surface area contributed by atoms with Crippen molar-refractivity contribution in [1.82, 2.24) is 9.88 Å². The summed E-state index contributed by atoms with van der Waals surface area (Å²) in [5.41, 5.74) is 9.88. The van der Waals surface area contributed by atoms with Gasteiger partial charge in [0.05, 0.1) is 11.1 Å². The van der Waals surface area contributed by atoms with E-state index in [4.69, 9.17) is 27.1 Å². The number of aryl methyl sites for hydroxylation is 2. The van der Waals surface area contributed by atoms with Crippen LogP contribution in [0.1, 0.15) is 60.4 Å². The normalized spacial score (nSPS) is 21.9. The number of hydrogen-bond donors (Lipinski definition) is 1. The Kier molecular flexibility index (Phi) is 7.78. The molecular weight excluding hydrogens is 610 g/mol. The Morgan fingerprint density at radius 3 is 2.50 bits per heavy atom. The lowest BCUT2D eigenvalue weighted by molar-refractivity contribution is -0.145. The van der Waals surface area contributed by atoms with Crippen LogP contribution in [0.2, 0.25) is 5.02 Å². The average molecular weight is 640 g/mol. The van der Waals surface area contributed by atoms with Crippen molar-refractivity contribution in [2.24, 2.45) is 17.1 Å². The second kappa shape index (κ2) is 10.7. The number of primary amides is 1. The van der Waals surface area contributed by atoms with Gasteiger partial charge in [-0.1, -0.05) is 27.5 Å². The van der Waals surface area contributed by atoms with Gasteiger partial charge in [-0.25, -0.2) is 0 Å². The molecule has 0 spiro atoms. The molecule has 0 unspecified atom stereocenters. The molecule has 2 saturated heterocycles.